The van der Waals surface area contributed by atoms with E-state index in [1.54, 1.807) is 12.1 Å². The highest BCUT2D eigenvalue weighted by molar-refractivity contribution is 14.1. The number of nitrogens with one attached hydrogen (secondary N) is 1. The Bertz CT molecular complexity index is 706. The molecule has 0 fully saturated rings. The second-order valence-electron chi connectivity index (χ2n) is 4.21. The Kier molecular flexibility index (Phi) is 5.26. The van der Waals surface area contributed by atoms with Crippen LogP contribution in [0.1, 0.15) is 0 Å². The van der Waals surface area contributed by atoms with Crippen molar-refractivity contribution in [2.45, 2.75) is 0 Å². The first-order chi connectivity index (χ1) is 10.5. The van der Waals surface area contributed by atoms with Crippen LogP contribution in [0.15, 0.2) is 42.5 Å². The van der Waals surface area contributed by atoms with Gasteiger partial charge in [0.15, 0.2) is 6.61 Å². The van der Waals surface area contributed by atoms with Crippen LogP contribution in [0.25, 0.3) is 0 Å². The number of ether oxygens (including phenoxy) is 1. The van der Waals surface area contributed by atoms with Gasteiger partial charge in [0.2, 0.25) is 0 Å². The number of non-ortho nitro benzene ring substituents is 1. The van der Waals surface area contributed by atoms with E-state index in [4.69, 9.17) is 4.74 Å². The number of hydrogen-bond donors (Lipinski definition) is 1. The molecule has 22 heavy (non-hydrogen) atoms. The van der Waals surface area contributed by atoms with Crippen molar-refractivity contribution in [3.05, 3.63) is 62.0 Å². The third-order valence-corrected chi connectivity index (χ3v) is 3.34. The number of rotatable bonds is 5. The first-order valence-corrected chi connectivity index (χ1v) is 7.16. The molecule has 0 unspecified atom stereocenters. The maximum atomic E-state index is 13.5. The molecule has 0 bridgehead atoms. The number of amides is 1. The largest absolute Gasteiger partial charge is 0.484 e. The van der Waals surface area contributed by atoms with E-state index >= 15 is 0 Å². The Balaban J connectivity index is 1.98. The van der Waals surface area contributed by atoms with E-state index in [1.807, 2.05) is 12.1 Å². The monoisotopic (exact) mass is 416 g/mol. The summed E-state index contributed by atoms with van der Waals surface area (Å²) < 4.78 is 19.8. The molecule has 114 valence electrons. The second kappa shape index (κ2) is 7.16. The standard InChI is InChI=1S/C14H10FIN2O4/c15-12-6-3-10(18(20)21)7-13(12)17-14(19)8-22-11-4-1-9(16)2-5-11/h1-7H,8H2,(H,17,19). The molecule has 8 heteroatoms. The van der Waals surface area contributed by atoms with Crippen molar-refractivity contribution in [2.75, 3.05) is 11.9 Å². The number of benzene rings is 2. The minimum Gasteiger partial charge on any atom is -0.484 e. The third-order valence-electron chi connectivity index (χ3n) is 2.62. The SMILES string of the molecule is O=C(COc1ccc(I)cc1)Nc1cc([N+](=O)[O-])ccc1F. The molecule has 0 aliphatic rings. The van der Waals surface area contributed by atoms with Gasteiger partial charge >= 0.3 is 0 Å². The third kappa shape index (κ3) is 4.38. The van der Waals surface area contributed by atoms with E-state index in [2.05, 4.69) is 27.9 Å². The molecule has 2 rings (SSSR count). The highest BCUT2D eigenvalue weighted by atomic mass is 127. The van der Waals surface area contributed by atoms with Gasteiger partial charge in [0.25, 0.3) is 11.6 Å². The fourth-order valence-corrected chi connectivity index (χ4v) is 1.95. The molecular weight excluding hydrogens is 406 g/mol. The molecule has 0 spiro atoms. The predicted octanol–water partition coefficient (Wildman–Crippen LogP) is 3.36. The molecule has 2 aromatic carbocycles. The zero-order valence-corrected chi connectivity index (χ0v) is 13.2. The number of nitro groups is 1. The lowest BCUT2D eigenvalue weighted by Crippen LogP contribution is -2.20. The zero-order valence-electron chi connectivity index (χ0n) is 11.1. The van der Waals surface area contributed by atoms with Crippen molar-refractivity contribution in [1.29, 1.82) is 0 Å². The molecule has 0 aliphatic heterocycles. The predicted molar refractivity (Wildman–Crippen MR) is 86.3 cm³/mol. The fourth-order valence-electron chi connectivity index (χ4n) is 1.59. The van der Waals surface area contributed by atoms with Gasteiger partial charge < -0.3 is 10.1 Å². The summed E-state index contributed by atoms with van der Waals surface area (Å²) in [5.41, 5.74) is -0.569. The summed E-state index contributed by atoms with van der Waals surface area (Å²) in [5.74, 6) is -0.874. The highest BCUT2D eigenvalue weighted by Gasteiger charge is 2.13. The van der Waals surface area contributed by atoms with Crippen LogP contribution in [0.4, 0.5) is 15.8 Å². The summed E-state index contributed by atoms with van der Waals surface area (Å²) in [5, 5.41) is 12.9. The van der Waals surface area contributed by atoms with Crippen LogP contribution in [0.5, 0.6) is 5.75 Å². The van der Waals surface area contributed by atoms with Crippen LogP contribution in [0.2, 0.25) is 0 Å². The summed E-state index contributed by atoms with van der Waals surface area (Å²) in [6, 6.07) is 9.92. The van der Waals surface area contributed by atoms with Gasteiger partial charge in [-0.3, -0.25) is 14.9 Å². The Morgan fingerprint density at radius 1 is 1.27 bits per heavy atom. The zero-order chi connectivity index (χ0) is 16.1. The molecule has 0 saturated carbocycles. The average Bonchev–Trinajstić information content (AvgIpc) is 2.48. The van der Waals surface area contributed by atoms with Gasteiger partial charge in [-0.25, -0.2) is 4.39 Å². The lowest BCUT2D eigenvalue weighted by molar-refractivity contribution is -0.384. The Hall–Kier alpha value is -2.23. The second-order valence-corrected chi connectivity index (χ2v) is 5.46. The van der Waals surface area contributed by atoms with Crippen LogP contribution in [-0.4, -0.2) is 17.4 Å². The van der Waals surface area contributed by atoms with Crippen LogP contribution in [0, 0.1) is 19.5 Å². The summed E-state index contributed by atoms with van der Waals surface area (Å²) in [6.07, 6.45) is 0. The molecule has 0 atom stereocenters. The van der Waals surface area contributed by atoms with Gasteiger partial charge in [0.1, 0.15) is 11.6 Å². The van der Waals surface area contributed by atoms with Crippen molar-refractivity contribution in [3.63, 3.8) is 0 Å². The van der Waals surface area contributed by atoms with Crippen LogP contribution >= 0.6 is 22.6 Å². The highest BCUT2D eigenvalue weighted by Crippen LogP contribution is 2.21. The van der Waals surface area contributed by atoms with Crippen LogP contribution < -0.4 is 10.1 Å². The Morgan fingerprint density at radius 2 is 1.95 bits per heavy atom. The Labute approximate surface area is 138 Å². The van der Waals surface area contributed by atoms with E-state index in [1.165, 1.54) is 0 Å². The van der Waals surface area contributed by atoms with Gasteiger partial charge in [-0.2, -0.15) is 0 Å². The maximum Gasteiger partial charge on any atom is 0.271 e. The molecule has 0 aromatic heterocycles. The van der Waals surface area contributed by atoms with Crippen molar-refractivity contribution in [2.24, 2.45) is 0 Å². The number of nitro benzene ring substituents is 1. The number of nitrogens with zero attached hydrogens (tertiary/aromatic N) is 1. The average molecular weight is 416 g/mol. The first-order valence-electron chi connectivity index (χ1n) is 6.08. The number of carbonyl (C=O) groups is 1. The van der Waals surface area contributed by atoms with E-state index in [9.17, 15) is 19.3 Å². The number of halogens is 2. The van der Waals surface area contributed by atoms with Crippen molar-refractivity contribution in [3.8, 4) is 5.75 Å². The smallest absolute Gasteiger partial charge is 0.271 e. The van der Waals surface area contributed by atoms with Gasteiger partial charge in [-0.05, 0) is 52.9 Å². The van der Waals surface area contributed by atoms with Gasteiger partial charge in [-0.15, -0.1) is 0 Å². The summed E-state index contributed by atoms with van der Waals surface area (Å²) in [6.45, 7) is -0.331. The molecular formula is C14H10FIN2O4. The minimum absolute atomic E-state index is 0.259. The molecule has 2 aromatic rings. The lowest BCUT2D eigenvalue weighted by Gasteiger charge is -2.08. The first kappa shape index (κ1) is 16.1. The normalized spacial score (nSPS) is 10.1. The van der Waals surface area contributed by atoms with Gasteiger partial charge in [-0.1, -0.05) is 0 Å². The van der Waals surface area contributed by atoms with E-state index < -0.39 is 16.6 Å². The summed E-state index contributed by atoms with van der Waals surface area (Å²) in [4.78, 5) is 21.7. The van der Waals surface area contributed by atoms with E-state index in [-0.39, 0.29) is 18.0 Å². The molecule has 0 aliphatic carbocycles. The molecule has 0 heterocycles. The lowest BCUT2D eigenvalue weighted by atomic mass is 10.2. The van der Waals surface area contributed by atoms with Gasteiger partial charge in [0, 0.05) is 15.7 Å². The fraction of sp³-hybridized carbons (Fsp3) is 0.0714. The quantitative estimate of drug-likeness (QED) is 0.461. The van der Waals surface area contributed by atoms with E-state index in [0.717, 1.165) is 21.8 Å². The molecule has 1 N–H and O–H groups in total. The van der Waals surface area contributed by atoms with Crippen molar-refractivity contribution in [1.82, 2.24) is 0 Å². The number of carbonyl (C=O) groups excluding carboxylic acids is 1. The molecule has 6 nitrogen and oxygen atoms in total. The molecule has 0 saturated heterocycles. The number of anilines is 1. The summed E-state index contributed by atoms with van der Waals surface area (Å²) >= 11 is 2.13. The molecule has 1 amide bonds. The van der Waals surface area contributed by atoms with Gasteiger partial charge in [0.05, 0.1) is 10.6 Å². The Morgan fingerprint density at radius 3 is 2.59 bits per heavy atom. The van der Waals surface area contributed by atoms with Crippen molar-refractivity contribution >= 4 is 39.9 Å². The maximum absolute atomic E-state index is 13.5. The van der Waals surface area contributed by atoms with Crippen LogP contribution in [0.3, 0.4) is 0 Å². The minimum atomic E-state index is -0.756. The van der Waals surface area contributed by atoms with Crippen LogP contribution in [-0.2, 0) is 4.79 Å². The van der Waals surface area contributed by atoms with E-state index in [0.29, 0.717) is 5.75 Å². The summed E-state index contributed by atoms with van der Waals surface area (Å²) in [7, 11) is 0. The topological polar surface area (TPSA) is 81.5 Å². The number of hydrogen-bond acceptors (Lipinski definition) is 4. The molecule has 0 radical (unpaired) electrons. The van der Waals surface area contributed by atoms with Crippen molar-refractivity contribution < 1.29 is 18.8 Å².